The van der Waals surface area contributed by atoms with Crippen LogP contribution in [0.25, 0.3) is 0 Å². The van der Waals surface area contributed by atoms with Crippen LogP contribution in [0.3, 0.4) is 0 Å². The minimum atomic E-state index is -2.87. The molecule has 0 radical (unpaired) electrons. The zero-order valence-corrected chi connectivity index (χ0v) is 20.8. The van der Waals surface area contributed by atoms with E-state index in [0.29, 0.717) is 24.6 Å². The van der Waals surface area contributed by atoms with Crippen LogP contribution in [0, 0.1) is 0 Å². The number of pyridine rings is 1. The van der Waals surface area contributed by atoms with Crippen LogP contribution in [0.5, 0.6) is 5.75 Å². The van der Waals surface area contributed by atoms with Crippen LogP contribution in [0.2, 0.25) is 0 Å². The smallest absolute Gasteiger partial charge is 0.387 e. The molecule has 1 aromatic carbocycles. The van der Waals surface area contributed by atoms with Gasteiger partial charge >= 0.3 is 6.61 Å². The summed E-state index contributed by atoms with van der Waals surface area (Å²) in [6, 6.07) is 10.7. The highest BCUT2D eigenvalue weighted by Crippen LogP contribution is 2.21. The molecule has 32 heavy (non-hydrogen) atoms. The van der Waals surface area contributed by atoms with E-state index in [4.69, 9.17) is 0 Å². The number of aromatic nitrogens is 1. The molecule has 1 aliphatic rings. The SMILES string of the molecule is CCNC(=NCc1ccccc1OC(F)F)NCc1cccnc1N1CCN(C)CC1.I. The van der Waals surface area contributed by atoms with E-state index in [9.17, 15) is 8.78 Å². The summed E-state index contributed by atoms with van der Waals surface area (Å²) in [7, 11) is 2.13. The van der Waals surface area contributed by atoms with E-state index in [0.717, 1.165) is 37.6 Å². The molecule has 176 valence electrons. The molecule has 10 heteroatoms. The molecule has 0 aliphatic carbocycles. The molecule has 0 atom stereocenters. The molecule has 3 rings (SSSR count). The van der Waals surface area contributed by atoms with Crippen molar-refractivity contribution in [3.63, 3.8) is 0 Å². The highest BCUT2D eigenvalue weighted by molar-refractivity contribution is 14.0. The zero-order valence-electron chi connectivity index (χ0n) is 18.4. The lowest BCUT2D eigenvalue weighted by Gasteiger charge is -2.34. The Morgan fingerprint density at radius 1 is 1.09 bits per heavy atom. The second kappa shape index (κ2) is 13.4. The Morgan fingerprint density at radius 2 is 1.81 bits per heavy atom. The van der Waals surface area contributed by atoms with E-state index in [1.165, 1.54) is 6.07 Å². The third-order valence-electron chi connectivity index (χ3n) is 5.06. The van der Waals surface area contributed by atoms with Crippen molar-refractivity contribution in [3.05, 3.63) is 53.7 Å². The van der Waals surface area contributed by atoms with Crippen molar-refractivity contribution in [1.29, 1.82) is 0 Å². The Bertz CT molecular complexity index is 862. The van der Waals surface area contributed by atoms with Crippen molar-refractivity contribution in [1.82, 2.24) is 20.5 Å². The van der Waals surface area contributed by atoms with Crippen LogP contribution in [-0.2, 0) is 13.1 Å². The van der Waals surface area contributed by atoms with Crippen LogP contribution < -0.4 is 20.3 Å². The fourth-order valence-electron chi connectivity index (χ4n) is 3.40. The first-order valence-corrected chi connectivity index (χ1v) is 10.5. The molecule has 2 N–H and O–H groups in total. The standard InChI is InChI=1S/C22H30F2N6O.HI/c1-3-25-22(27-15-17-7-4-5-9-19(17)31-21(23)24)28-16-18-8-6-10-26-20(18)30-13-11-29(2)12-14-30;/h4-10,21H,3,11-16H2,1-2H3,(H2,25,27,28);1H. The lowest BCUT2D eigenvalue weighted by molar-refractivity contribution is -0.0504. The number of benzene rings is 1. The molecule has 1 aromatic heterocycles. The first-order chi connectivity index (χ1) is 15.1. The van der Waals surface area contributed by atoms with Crippen LogP contribution in [0.4, 0.5) is 14.6 Å². The molecule has 2 heterocycles. The maximum absolute atomic E-state index is 12.6. The fraction of sp³-hybridized carbons (Fsp3) is 0.455. The Kier molecular flexibility index (Phi) is 10.9. The van der Waals surface area contributed by atoms with Crippen molar-refractivity contribution in [2.75, 3.05) is 44.7 Å². The number of hydrogen-bond acceptors (Lipinski definition) is 5. The number of nitrogens with one attached hydrogen (secondary N) is 2. The molecule has 1 saturated heterocycles. The first kappa shape index (κ1) is 26.0. The van der Waals surface area contributed by atoms with Gasteiger partial charge in [0.15, 0.2) is 5.96 Å². The van der Waals surface area contributed by atoms with Crippen molar-refractivity contribution in [2.45, 2.75) is 26.6 Å². The van der Waals surface area contributed by atoms with Gasteiger partial charge in [-0.3, -0.25) is 0 Å². The number of aliphatic imine (C=N–C) groups is 1. The number of likely N-dealkylation sites (N-methyl/N-ethyl adjacent to an activating group) is 1. The summed E-state index contributed by atoms with van der Waals surface area (Å²) in [4.78, 5) is 13.8. The van der Waals surface area contributed by atoms with Gasteiger partial charge in [0.05, 0.1) is 6.54 Å². The molecule has 7 nitrogen and oxygen atoms in total. The molecule has 0 bridgehead atoms. The Morgan fingerprint density at radius 3 is 2.53 bits per heavy atom. The average Bonchev–Trinajstić information content (AvgIpc) is 2.77. The second-order valence-corrected chi connectivity index (χ2v) is 7.31. The largest absolute Gasteiger partial charge is 0.434 e. The number of nitrogens with zero attached hydrogens (tertiary/aromatic N) is 4. The molecule has 2 aromatic rings. The molecule has 0 amide bonds. The van der Waals surface area contributed by atoms with Crippen molar-refractivity contribution in [3.8, 4) is 5.75 Å². The minimum absolute atomic E-state index is 0. The number of piperazine rings is 1. The lowest BCUT2D eigenvalue weighted by atomic mass is 10.2. The molecule has 1 aliphatic heterocycles. The van der Waals surface area contributed by atoms with Gasteiger partial charge in [-0.15, -0.1) is 24.0 Å². The van der Waals surface area contributed by atoms with Gasteiger partial charge < -0.3 is 25.2 Å². The number of alkyl halides is 2. The van der Waals surface area contributed by atoms with E-state index in [1.807, 2.05) is 19.2 Å². The number of anilines is 1. The minimum Gasteiger partial charge on any atom is -0.434 e. The van der Waals surface area contributed by atoms with E-state index in [1.54, 1.807) is 18.2 Å². The van der Waals surface area contributed by atoms with Crippen molar-refractivity contribution in [2.24, 2.45) is 4.99 Å². The zero-order chi connectivity index (χ0) is 22.1. The Hall–Kier alpha value is -2.21. The lowest BCUT2D eigenvalue weighted by Crippen LogP contribution is -2.45. The highest BCUT2D eigenvalue weighted by atomic mass is 127. The first-order valence-electron chi connectivity index (χ1n) is 10.5. The normalized spacial score (nSPS) is 14.8. The summed E-state index contributed by atoms with van der Waals surface area (Å²) in [5, 5.41) is 6.53. The molecular formula is C22H31F2IN6O. The van der Waals surface area contributed by atoms with Crippen LogP contribution in [0.1, 0.15) is 18.1 Å². The summed E-state index contributed by atoms with van der Waals surface area (Å²) in [6.45, 7) is 4.46. The maximum atomic E-state index is 12.6. The maximum Gasteiger partial charge on any atom is 0.387 e. The predicted octanol–water partition coefficient (Wildman–Crippen LogP) is 3.31. The summed E-state index contributed by atoms with van der Waals surface area (Å²) < 4.78 is 29.9. The van der Waals surface area contributed by atoms with Gasteiger partial charge in [0.25, 0.3) is 0 Å². The van der Waals surface area contributed by atoms with Gasteiger partial charge in [0.1, 0.15) is 11.6 Å². The molecule has 0 unspecified atom stereocenters. The summed E-state index contributed by atoms with van der Waals surface area (Å²) >= 11 is 0. The van der Waals surface area contributed by atoms with Crippen LogP contribution >= 0.6 is 24.0 Å². The molecule has 0 spiro atoms. The van der Waals surface area contributed by atoms with E-state index in [-0.39, 0.29) is 36.3 Å². The number of ether oxygens (including phenoxy) is 1. The third-order valence-corrected chi connectivity index (χ3v) is 5.06. The number of para-hydroxylation sites is 1. The van der Waals surface area contributed by atoms with E-state index < -0.39 is 6.61 Å². The quantitative estimate of drug-likeness (QED) is 0.294. The van der Waals surface area contributed by atoms with Crippen molar-refractivity contribution < 1.29 is 13.5 Å². The topological polar surface area (TPSA) is 65.0 Å². The van der Waals surface area contributed by atoms with Gasteiger partial charge in [0.2, 0.25) is 0 Å². The van der Waals surface area contributed by atoms with E-state index >= 15 is 0 Å². The van der Waals surface area contributed by atoms with Gasteiger partial charge in [-0.05, 0) is 26.1 Å². The second-order valence-electron chi connectivity index (χ2n) is 7.31. The van der Waals surface area contributed by atoms with Crippen molar-refractivity contribution >= 4 is 35.8 Å². The van der Waals surface area contributed by atoms with Crippen LogP contribution in [0.15, 0.2) is 47.6 Å². The van der Waals surface area contributed by atoms with E-state index in [2.05, 4.69) is 48.3 Å². The third kappa shape index (κ3) is 7.73. The predicted molar refractivity (Wildman–Crippen MR) is 134 cm³/mol. The number of guanidine groups is 1. The number of hydrogen-bond donors (Lipinski definition) is 2. The molecule has 1 fully saturated rings. The molecule has 0 saturated carbocycles. The van der Waals surface area contributed by atoms with Gasteiger partial charge in [0, 0.05) is 56.6 Å². The monoisotopic (exact) mass is 560 g/mol. The summed E-state index contributed by atoms with van der Waals surface area (Å²) in [6.07, 6.45) is 1.82. The summed E-state index contributed by atoms with van der Waals surface area (Å²) in [5.41, 5.74) is 1.68. The highest BCUT2D eigenvalue weighted by Gasteiger charge is 2.18. The van der Waals surface area contributed by atoms with Gasteiger partial charge in [-0.1, -0.05) is 24.3 Å². The number of rotatable bonds is 8. The Balaban J connectivity index is 0.00000363. The average molecular weight is 560 g/mol. The number of halogens is 3. The molecular weight excluding hydrogens is 529 g/mol. The van der Waals surface area contributed by atoms with Crippen LogP contribution in [-0.4, -0.2) is 62.2 Å². The van der Waals surface area contributed by atoms with Gasteiger partial charge in [-0.25, -0.2) is 9.98 Å². The Labute approximate surface area is 205 Å². The summed E-state index contributed by atoms with van der Waals surface area (Å²) in [5.74, 6) is 1.72. The fourth-order valence-corrected chi connectivity index (χ4v) is 3.40. The van der Waals surface area contributed by atoms with Gasteiger partial charge in [-0.2, -0.15) is 8.78 Å².